The molecule has 108 valence electrons. The molecule has 1 rings (SSSR count). The molecule has 0 spiro atoms. The first-order valence-corrected chi connectivity index (χ1v) is 7.05. The standard InChI is InChI=1S/C13H24N4O2/c1-4-6-7-8-10-14-13-12(17(18)19)11(9-5-2)15-16(13)3/h14H,4-10H2,1-3H3. The second-order valence-electron chi connectivity index (χ2n) is 4.76. The van der Waals surface area contributed by atoms with E-state index in [0.29, 0.717) is 17.9 Å². The second kappa shape index (κ2) is 7.76. The van der Waals surface area contributed by atoms with Gasteiger partial charge in [0.25, 0.3) is 0 Å². The van der Waals surface area contributed by atoms with E-state index in [0.717, 1.165) is 25.8 Å². The molecule has 1 N–H and O–H groups in total. The molecule has 0 saturated heterocycles. The lowest BCUT2D eigenvalue weighted by atomic mass is 10.2. The number of aromatic nitrogens is 2. The molecule has 1 aromatic heterocycles. The van der Waals surface area contributed by atoms with Crippen LogP contribution in [0.15, 0.2) is 0 Å². The predicted octanol–water partition coefficient (Wildman–Crippen LogP) is 3.27. The maximum absolute atomic E-state index is 11.2. The lowest BCUT2D eigenvalue weighted by molar-refractivity contribution is -0.384. The Bertz CT molecular complexity index is 415. The summed E-state index contributed by atoms with van der Waals surface area (Å²) in [7, 11) is 1.75. The van der Waals surface area contributed by atoms with Crippen LogP contribution in [0.25, 0.3) is 0 Å². The molecule has 6 nitrogen and oxygen atoms in total. The van der Waals surface area contributed by atoms with E-state index in [4.69, 9.17) is 0 Å². The van der Waals surface area contributed by atoms with Crippen molar-refractivity contribution >= 4 is 11.5 Å². The highest BCUT2D eigenvalue weighted by molar-refractivity contribution is 5.59. The van der Waals surface area contributed by atoms with E-state index in [9.17, 15) is 10.1 Å². The highest BCUT2D eigenvalue weighted by Gasteiger charge is 2.25. The minimum Gasteiger partial charge on any atom is -0.365 e. The van der Waals surface area contributed by atoms with E-state index in [-0.39, 0.29) is 10.6 Å². The normalized spacial score (nSPS) is 10.7. The van der Waals surface area contributed by atoms with Gasteiger partial charge in [-0.15, -0.1) is 0 Å². The van der Waals surface area contributed by atoms with Crippen LogP contribution in [0.1, 0.15) is 51.6 Å². The molecule has 0 radical (unpaired) electrons. The van der Waals surface area contributed by atoms with Gasteiger partial charge in [-0.25, -0.2) is 4.68 Å². The van der Waals surface area contributed by atoms with Gasteiger partial charge in [0.2, 0.25) is 5.82 Å². The van der Waals surface area contributed by atoms with E-state index in [2.05, 4.69) is 17.3 Å². The molecule has 0 aromatic carbocycles. The monoisotopic (exact) mass is 268 g/mol. The molecule has 1 aromatic rings. The molecule has 0 fully saturated rings. The van der Waals surface area contributed by atoms with Crippen molar-refractivity contribution in [1.82, 2.24) is 9.78 Å². The number of anilines is 1. The molecule has 0 amide bonds. The molecule has 1 heterocycles. The Morgan fingerprint density at radius 1 is 1.26 bits per heavy atom. The number of unbranched alkanes of at least 4 members (excludes halogenated alkanes) is 3. The van der Waals surface area contributed by atoms with Gasteiger partial charge in [-0.3, -0.25) is 10.1 Å². The SMILES string of the molecule is CCCCCCNc1c([N+](=O)[O-])c(CCC)nn1C. The van der Waals surface area contributed by atoms with Crippen molar-refractivity contribution in [3.05, 3.63) is 15.8 Å². The number of hydrogen-bond acceptors (Lipinski definition) is 4. The van der Waals surface area contributed by atoms with Crippen molar-refractivity contribution in [1.29, 1.82) is 0 Å². The van der Waals surface area contributed by atoms with Crippen molar-refractivity contribution in [3.8, 4) is 0 Å². The van der Waals surface area contributed by atoms with Crippen LogP contribution < -0.4 is 5.32 Å². The van der Waals surface area contributed by atoms with E-state index in [1.165, 1.54) is 12.8 Å². The summed E-state index contributed by atoms with van der Waals surface area (Å²) >= 11 is 0. The second-order valence-corrected chi connectivity index (χ2v) is 4.76. The minimum atomic E-state index is -0.327. The van der Waals surface area contributed by atoms with Gasteiger partial charge < -0.3 is 5.32 Å². The molecule has 0 aliphatic carbocycles. The summed E-state index contributed by atoms with van der Waals surface area (Å²) in [6.07, 6.45) is 6.06. The third-order valence-corrected chi connectivity index (χ3v) is 3.08. The number of nitrogens with zero attached hydrogens (tertiary/aromatic N) is 3. The Labute approximate surface area is 114 Å². The van der Waals surface area contributed by atoms with Crippen LogP contribution in [0.4, 0.5) is 11.5 Å². The zero-order valence-electron chi connectivity index (χ0n) is 12.1. The first-order chi connectivity index (χ1) is 9.11. The topological polar surface area (TPSA) is 73.0 Å². The summed E-state index contributed by atoms with van der Waals surface area (Å²) in [5.74, 6) is 0.532. The summed E-state index contributed by atoms with van der Waals surface area (Å²) in [4.78, 5) is 10.9. The van der Waals surface area contributed by atoms with E-state index in [1.54, 1.807) is 11.7 Å². The van der Waals surface area contributed by atoms with E-state index < -0.39 is 0 Å². The summed E-state index contributed by atoms with van der Waals surface area (Å²) < 4.78 is 1.59. The van der Waals surface area contributed by atoms with Gasteiger partial charge >= 0.3 is 5.69 Å². The molecule has 0 aliphatic heterocycles. The van der Waals surface area contributed by atoms with Crippen LogP contribution in [-0.4, -0.2) is 21.2 Å². The fourth-order valence-corrected chi connectivity index (χ4v) is 2.12. The van der Waals surface area contributed by atoms with Gasteiger partial charge in [0.15, 0.2) is 0 Å². The third kappa shape index (κ3) is 4.22. The van der Waals surface area contributed by atoms with Crippen molar-refractivity contribution in [3.63, 3.8) is 0 Å². The molecular formula is C13H24N4O2. The Morgan fingerprint density at radius 3 is 2.58 bits per heavy atom. The van der Waals surface area contributed by atoms with Crippen LogP contribution in [0.3, 0.4) is 0 Å². The molecule has 0 unspecified atom stereocenters. The molecule has 0 saturated carbocycles. The highest BCUT2D eigenvalue weighted by atomic mass is 16.6. The summed E-state index contributed by atoms with van der Waals surface area (Å²) in [6, 6.07) is 0. The van der Waals surface area contributed by atoms with Gasteiger partial charge in [0.05, 0.1) is 4.92 Å². The Balaban J connectivity index is 2.72. The minimum absolute atomic E-state index is 0.139. The van der Waals surface area contributed by atoms with Crippen molar-refractivity contribution in [2.75, 3.05) is 11.9 Å². The predicted molar refractivity (Wildman–Crippen MR) is 76.5 cm³/mol. The van der Waals surface area contributed by atoms with E-state index >= 15 is 0 Å². The maximum atomic E-state index is 11.2. The fourth-order valence-electron chi connectivity index (χ4n) is 2.12. The molecule has 0 aliphatic rings. The number of nitro groups is 1. The zero-order chi connectivity index (χ0) is 14.3. The smallest absolute Gasteiger partial charge is 0.333 e. The average molecular weight is 268 g/mol. The zero-order valence-corrected chi connectivity index (χ0v) is 12.1. The van der Waals surface area contributed by atoms with Gasteiger partial charge in [-0.2, -0.15) is 5.10 Å². The lowest BCUT2D eigenvalue weighted by Crippen LogP contribution is -2.07. The summed E-state index contributed by atoms with van der Waals surface area (Å²) in [5.41, 5.74) is 0.714. The van der Waals surface area contributed by atoms with Gasteiger partial charge in [-0.05, 0) is 12.8 Å². The quantitative estimate of drug-likeness (QED) is 0.424. The first kappa shape index (κ1) is 15.5. The van der Waals surface area contributed by atoms with Crippen molar-refractivity contribution in [2.24, 2.45) is 7.05 Å². The molecule has 6 heteroatoms. The lowest BCUT2D eigenvalue weighted by Gasteiger charge is -2.05. The van der Waals surface area contributed by atoms with Gasteiger partial charge in [0, 0.05) is 13.6 Å². The Morgan fingerprint density at radius 2 is 2.00 bits per heavy atom. The number of aryl methyl sites for hydroxylation is 2. The molecule has 0 atom stereocenters. The van der Waals surface area contributed by atoms with E-state index in [1.807, 2.05) is 6.92 Å². The largest absolute Gasteiger partial charge is 0.365 e. The Kier molecular flexibility index (Phi) is 6.32. The van der Waals surface area contributed by atoms with Gasteiger partial charge in [-0.1, -0.05) is 39.5 Å². The number of hydrogen-bond donors (Lipinski definition) is 1. The maximum Gasteiger partial charge on any atom is 0.333 e. The summed E-state index contributed by atoms with van der Waals surface area (Å²) in [6.45, 7) is 4.92. The third-order valence-electron chi connectivity index (χ3n) is 3.08. The molecular weight excluding hydrogens is 244 g/mol. The molecule has 19 heavy (non-hydrogen) atoms. The van der Waals surface area contributed by atoms with Crippen LogP contribution in [0.2, 0.25) is 0 Å². The van der Waals surface area contributed by atoms with Crippen LogP contribution in [-0.2, 0) is 13.5 Å². The fraction of sp³-hybridized carbons (Fsp3) is 0.769. The number of rotatable bonds is 9. The first-order valence-electron chi connectivity index (χ1n) is 7.05. The van der Waals surface area contributed by atoms with Crippen molar-refractivity contribution < 1.29 is 4.92 Å². The Hall–Kier alpha value is -1.59. The summed E-state index contributed by atoms with van der Waals surface area (Å²) in [5, 5.41) is 18.6. The number of nitrogens with one attached hydrogen (secondary N) is 1. The highest BCUT2D eigenvalue weighted by Crippen LogP contribution is 2.28. The average Bonchev–Trinajstić information content (AvgIpc) is 2.66. The van der Waals surface area contributed by atoms with Gasteiger partial charge in [0.1, 0.15) is 5.69 Å². The van der Waals surface area contributed by atoms with Crippen molar-refractivity contribution in [2.45, 2.75) is 52.4 Å². The van der Waals surface area contributed by atoms with Crippen LogP contribution >= 0.6 is 0 Å². The van der Waals surface area contributed by atoms with Crippen LogP contribution in [0.5, 0.6) is 0 Å². The van der Waals surface area contributed by atoms with Crippen LogP contribution in [0, 0.1) is 10.1 Å². The molecule has 0 bridgehead atoms.